The van der Waals surface area contributed by atoms with Gasteiger partial charge in [-0.1, -0.05) is 18.1 Å². The highest BCUT2D eigenvalue weighted by Crippen LogP contribution is 2.28. The zero-order valence-corrected chi connectivity index (χ0v) is 11.0. The number of terminal acetylenes is 1. The van der Waals surface area contributed by atoms with Crippen molar-refractivity contribution in [2.75, 3.05) is 0 Å². The first-order chi connectivity index (χ1) is 9.19. The molecule has 92 valence electrons. The fourth-order valence-corrected chi connectivity index (χ4v) is 2.25. The van der Waals surface area contributed by atoms with Crippen molar-refractivity contribution in [3.63, 3.8) is 0 Å². The Labute approximate surface area is 115 Å². The Kier molecular flexibility index (Phi) is 2.73. The first-order valence-corrected chi connectivity index (χ1v) is 6.12. The summed E-state index contributed by atoms with van der Waals surface area (Å²) in [5, 5.41) is 1.19. The SMILES string of the molecule is C#Cc1cccc(-c2nc(Cl)nc3c2ccn3C)c1. The van der Waals surface area contributed by atoms with Gasteiger partial charge in [-0.2, -0.15) is 4.98 Å². The Balaban J connectivity index is 2.33. The molecule has 0 aliphatic heterocycles. The van der Waals surface area contributed by atoms with Crippen LogP contribution in [0.25, 0.3) is 22.3 Å². The second kappa shape index (κ2) is 4.42. The number of aryl methyl sites for hydroxylation is 1. The summed E-state index contributed by atoms with van der Waals surface area (Å²) in [6, 6.07) is 9.66. The first-order valence-electron chi connectivity index (χ1n) is 5.74. The van der Waals surface area contributed by atoms with E-state index in [0.29, 0.717) is 0 Å². The van der Waals surface area contributed by atoms with Gasteiger partial charge in [0.15, 0.2) is 0 Å². The van der Waals surface area contributed by atoms with Crippen molar-refractivity contribution in [3.8, 4) is 23.6 Å². The smallest absolute Gasteiger partial charge is 0.224 e. The molecule has 0 N–H and O–H groups in total. The maximum atomic E-state index is 6.00. The number of aromatic nitrogens is 3. The molecule has 0 aliphatic rings. The molecule has 0 fully saturated rings. The van der Waals surface area contributed by atoms with Crippen molar-refractivity contribution in [1.29, 1.82) is 0 Å². The lowest BCUT2D eigenvalue weighted by Gasteiger charge is -2.05. The van der Waals surface area contributed by atoms with E-state index < -0.39 is 0 Å². The van der Waals surface area contributed by atoms with Crippen LogP contribution in [0.1, 0.15) is 5.56 Å². The lowest BCUT2D eigenvalue weighted by Crippen LogP contribution is -1.93. The Morgan fingerprint density at radius 1 is 1.26 bits per heavy atom. The zero-order chi connectivity index (χ0) is 13.4. The van der Waals surface area contributed by atoms with E-state index >= 15 is 0 Å². The van der Waals surface area contributed by atoms with Crippen LogP contribution in [0.5, 0.6) is 0 Å². The highest BCUT2D eigenvalue weighted by atomic mass is 35.5. The average Bonchev–Trinajstić information content (AvgIpc) is 2.80. The van der Waals surface area contributed by atoms with Crippen LogP contribution in [0, 0.1) is 12.3 Å². The summed E-state index contributed by atoms with van der Waals surface area (Å²) >= 11 is 6.00. The first kappa shape index (κ1) is 11.8. The molecule has 0 atom stereocenters. The highest BCUT2D eigenvalue weighted by Gasteiger charge is 2.11. The van der Waals surface area contributed by atoms with Crippen LogP contribution in [0.2, 0.25) is 5.28 Å². The Morgan fingerprint density at radius 3 is 2.89 bits per heavy atom. The van der Waals surface area contributed by atoms with Gasteiger partial charge in [0, 0.05) is 29.8 Å². The lowest BCUT2D eigenvalue weighted by molar-refractivity contribution is 0.944. The van der Waals surface area contributed by atoms with Gasteiger partial charge in [0.2, 0.25) is 5.28 Å². The molecule has 0 saturated carbocycles. The predicted molar refractivity (Wildman–Crippen MR) is 76.9 cm³/mol. The minimum Gasteiger partial charge on any atom is -0.335 e. The van der Waals surface area contributed by atoms with Crippen molar-refractivity contribution in [2.45, 2.75) is 0 Å². The van der Waals surface area contributed by atoms with Gasteiger partial charge < -0.3 is 4.57 Å². The van der Waals surface area contributed by atoms with Crippen LogP contribution in [-0.4, -0.2) is 14.5 Å². The Bertz CT molecular complexity index is 812. The van der Waals surface area contributed by atoms with E-state index in [1.54, 1.807) is 0 Å². The van der Waals surface area contributed by atoms with Crippen LogP contribution < -0.4 is 0 Å². The molecule has 2 heterocycles. The van der Waals surface area contributed by atoms with Crippen molar-refractivity contribution in [2.24, 2.45) is 7.05 Å². The molecule has 0 unspecified atom stereocenters. The largest absolute Gasteiger partial charge is 0.335 e. The van der Waals surface area contributed by atoms with E-state index in [1.165, 1.54) is 0 Å². The van der Waals surface area contributed by atoms with Gasteiger partial charge in [-0.3, -0.25) is 0 Å². The Morgan fingerprint density at radius 2 is 2.11 bits per heavy atom. The monoisotopic (exact) mass is 267 g/mol. The Hall–Kier alpha value is -2.31. The molecule has 19 heavy (non-hydrogen) atoms. The van der Waals surface area contributed by atoms with E-state index in [1.807, 2.05) is 48.1 Å². The zero-order valence-electron chi connectivity index (χ0n) is 10.3. The number of benzene rings is 1. The molecule has 3 nitrogen and oxygen atoms in total. The quantitative estimate of drug-likeness (QED) is 0.500. The fraction of sp³-hybridized carbons (Fsp3) is 0.0667. The van der Waals surface area contributed by atoms with Crippen molar-refractivity contribution in [3.05, 3.63) is 47.4 Å². The van der Waals surface area contributed by atoms with Crippen molar-refractivity contribution in [1.82, 2.24) is 14.5 Å². The molecular formula is C15H10ClN3. The molecule has 1 aromatic carbocycles. The molecule has 0 saturated heterocycles. The number of fused-ring (bicyclic) bond motifs is 1. The van der Waals surface area contributed by atoms with E-state index in [4.69, 9.17) is 18.0 Å². The third-order valence-corrected chi connectivity index (χ3v) is 3.17. The third-order valence-electron chi connectivity index (χ3n) is 3.00. The molecule has 0 amide bonds. The van der Waals surface area contributed by atoms with Crippen LogP contribution in [0.4, 0.5) is 0 Å². The predicted octanol–water partition coefficient (Wildman–Crippen LogP) is 3.27. The maximum Gasteiger partial charge on any atom is 0.224 e. The molecule has 2 aromatic heterocycles. The third kappa shape index (κ3) is 1.96. The fourth-order valence-electron chi connectivity index (χ4n) is 2.09. The summed E-state index contributed by atoms with van der Waals surface area (Å²) in [6.45, 7) is 0. The summed E-state index contributed by atoms with van der Waals surface area (Å²) < 4.78 is 1.91. The van der Waals surface area contributed by atoms with Crippen LogP contribution in [-0.2, 0) is 7.05 Å². The molecule has 3 rings (SSSR count). The summed E-state index contributed by atoms with van der Waals surface area (Å²) in [5.41, 5.74) is 3.36. The molecule has 0 aliphatic carbocycles. The molecule has 0 radical (unpaired) electrons. The van der Waals surface area contributed by atoms with Gasteiger partial charge in [0.05, 0.1) is 5.69 Å². The highest BCUT2D eigenvalue weighted by molar-refractivity contribution is 6.28. The maximum absolute atomic E-state index is 6.00. The number of rotatable bonds is 1. The molecular weight excluding hydrogens is 258 g/mol. The van der Waals surface area contributed by atoms with E-state index in [-0.39, 0.29) is 5.28 Å². The van der Waals surface area contributed by atoms with Gasteiger partial charge in [0.25, 0.3) is 0 Å². The number of nitrogens with zero attached hydrogens (tertiary/aromatic N) is 3. The summed E-state index contributed by atoms with van der Waals surface area (Å²) in [4.78, 5) is 8.57. The van der Waals surface area contributed by atoms with E-state index in [0.717, 1.165) is 27.9 Å². The topological polar surface area (TPSA) is 30.7 Å². The molecule has 0 bridgehead atoms. The van der Waals surface area contributed by atoms with Crippen LogP contribution >= 0.6 is 11.6 Å². The average molecular weight is 268 g/mol. The normalized spacial score (nSPS) is 10.6. The second-order valence-electron chi connectivity index (χ2n) is 4.23. The summed E-state index contributed by atoms with van der Waals surface area (Å²) in [6.07, 6.45) is 7.37. The minimum absolute atomic E-state index is 0.232. The van der Waals surface area contributed by atoms with Crippen LogP contribution in [0.3, 0.4) is 0 Å². The number of hydrogen-bond acceptors (Lipinski definition) is 2. The second-order valence-corrected chi connectivity index (χ2v) is 4.57. The minimum atomic E-state index is 0.232. The number of hydrogen-bond donors (Lipinski definition) is 0. The van der Waals surface area contributed by atoms with Gasteiger partial charge in [-0.25, -0.2) is 4.98 Å². The lowest BCUT2D eigenvalue weighted by atomic mass is 10.1. The van der Waals surface area contributed by atoms with E-state index in [2.05, 4.69) is 15.9 Å². The van der Waals surface area contributed by atoms with Crippen molar-refractivity contribution >= 4 is 22.6 Å². The molecule has 3 aromatic rings. The standard InChI is InChI=1S/C15H10ClN3/c1-3-10-5-4-6-11(9-10)13-12-7-8-19(2)14(12)18-15(16)17-13/h1,4-9H,2H3. The van der Waals surface area contributed by atoms with Gasteiger partial charge in [-0.05, 0) is 29.8 Å². The summed E-state index contributed by atoms with van der Waals surface area (Å²) in [5.74, 6) is 2.62. The van der Waals surface area contributed by atoms with Gasteiger partial charge in [0.1, 0.15) is 5.65 Å². The van der Waals surface area contributed by atoms with Gasteiger partial charge in [-0.15, -0.1) is 6.42 Å². The van der Waals surface area contributed by atoms with Gasteiger partial charge >= 0.3 is 0 Å². The summed E-state index contributed by atoms with van der Waals surface area (Å²) in [7, 11) is 1.92. The molecule has 4 heteroatoms. The number of halogens is 1. The molecule has 0 spiro atoms. The van der Waals surface area contributed by atoms with Crippen LogP contribution in [0.15, 0.2) is 36.5 Å². The van der Waals surface area contributed by atoms with E-state index in [9.17, 15) is 0 Å². The van der Waals surface area contributed by atoms with Crippen molar-refractivity contribution < 1.29 is 0 Å².